The summed E-state index contributed by atoms with van der Waals surface area (Å²) in [5.41, 5.74) is 8.31. The van der Waals surface area contributed by atoms with Gasteiger partial charge in [0.15, 0.2) is 6.61 Å². The SMILES string of the molecule is Cc1cccc(NC(=O)COc2ccc(-c3nc4ccc(N5Cc6cc(N7CCCCC7)ccc6C5=O)cc4[nH]3)cc2)c1. The molecule has 2 amide bonds. The summed E-state index contributed by atoms with van der Waals surface area (Å²) >= 11 is 0. The maximum absolute atomic E-state index is 13.3. The average Bonchev–Trinajstić information content (AvgIpc) is 3.61. The van der Waals surface area contributed by atoms with Gasteiger partial charge in [0.1, 0.15) is 11.6 Å². The second-order valence-electron chi connectivity index (χ2n) is 11.3. The number of benzene rings is 4. The van der Waals surface area contributed by atoms with Gasteiger partial charge < -0.3 is 24.8 Å². The Balaban J connectivity index is 1.02. The summed E-state index contributed by atoms with van der Waals surface area (Å²) in [4.78, 5) is 38.1. The van der Waals surface area contributed by atoms with Gasteiger partial charge in [0, 0.05) is 41.3 Å². The summed E-state index contributed by atoms with van der Waals surface area (Å²) in [5.74, 6) is 1.13. The summed E-state index contributed by atoms with van der Waals surface area (Å²) in [5, 5.41) is 2.85. The molecule has 4 aromatic carbocycles. The third-order valence-electron chi connectivity index (χ3n) is 8.19. The highest BCUT2D eigenvalue weighted by molar-refractivity contribution is 6.10. The Morgan fingerprint density at radius 1 is 0.930 bits per heavy atom. The van der Waals surface area contributed by atoms with Crippen LogP contribution in [0.3, 0.4) is 0 Å². The standard InChI is InChI=1S/C35H33N5O3/c1-23-6-5-7-26(18-23)36-33(41)22-43-29-12-8-24(9-13-29)34-37-31-15-11-28(20-32(31)38-34)40-21-25-19-27(10-14-30(25)35(40)42)39-16-3-2-4-17-39/h5-15,18-20H,2-4,16-17,21-22H2,1H3,(H,36,41)(H,37,38). The number of fused-ring (bicyclic) bond motifs is 2. The topological polar surface area (TPSA) is 90.6 Å². The van der Waals surface area contributed by atoms with Crippen LogP contribution < -0.4 is 19.9 Å². The van der Waals surface area contributed by atoms with Crippen molar-refractivity contribution >= 4 is 39.9 Å². The van der Waals surface area contributed by atoms with Crippen LogP contribution in [0.2, 0.25) is 0 Å². The highest BCUT2D eigenvalue weighted by Gasteiger charge is 2.29. The van der Waals surface area contributed by atoms with Gasteiger partial charge in [-0.15, -0.1) is 0 Å². The van der Waals surface area contributed by atoms with E-state index in [0.717, 1.165) is 63.6 Å². The number of carbonyl (C=O) groups is 2. The molecule has 0 bridgehead atoms. The fourth-order valence-electron chi connectivity index (χ4n) is 5.94. The lowest BCUT2D eigenvalue weighted by Gasteiger charge is -2.29. The molecule has 7 rings (SSSR count). The predicted molar refractivity (Wildman–Crippen MR) is 170 cm³/mol. The number of imidazole rings is 1. The van der Waals surface area contributed by atoms with Crippen LogP contribution in [0.25, 0.3) is 22.4 Å². The van der Waals surface area contributed by atoms with E-state index in [1.54, 1.807) is 0 Å². The van der Waals surface area contributed by atoms with Crippen LogP contribution >= 0.6 is 0 Å². The number of aryl methyl sites for hydroxylation is 1. The third-order valence-corrected chi connectivity index (χ3v) is 8.19. The van der Waals surface area contributed by atoms with E-state index < -0.39 is 0 Å². The van der Waals surface area contributed by atoms with E-state index >= 15 is 0 Å². The summed E-state index contributed by atoms with van der Waals surface area (Å²) in [6.07, 6.45) is 3.74. The van der Waals surface area contributed by atoms with Crippen LogP contribution in [-0.2, 0) is 11.3 Å². The summed E-state index contributed by atoms with van der Waals surface area (Å²) in [6, 6.07) is 27.3. The number of amides is 2. The van der Waals surface area contributed by atoms with E-state index in [1.165, 1.54) is 24.9 Å². The molecule has 43 heavy (non-hydrogen) atoms. The van der Waals surface area contributed by atoms with Crippen LogP contribution in [0.15, 0.2) is 84.9 Å². The number of nitrogens with one attached hydrogen (secondary N) is 2. The summed E-state index contributed by atoms with van der Waals surface area (Å²) in [6.45, 7) is 4.62. The second-order valence-corrected chi connectivity index (χ2v) is 11.3. The Bertz CT molecular complexity index is 1820. The van der Waals surface area contributed by atoms with Crippen molar-refractivity contribution in [2.75, 3.05) is 34.8 Å². The van der Waals surface area contributed by atoms with Crippen LogP contribution in [0.5, 0.6) is 5.75 Å². The van der Waals surface area contributed by atoms with Crippen molar-refractivity contribution < 1.29 is 14.3 Å². The second kappa shape index (κ2) is 11.3. The van der Waals surface area contributed by atoms with Gasteiger partial charge in [-0.25, -0.2) is 4.98 Å². The highest BCUT2D eigenvalue weighted by Crippen LogP contribution is 2.33. The quantitative estimate of drug-likeness (QED) is 0.227. The van der Waals surface area contributed by atoms with E-state index in [-0.39, 0.29) is 18.4 Å². The van der Waals surface area contributed by atoms with Gasteiger partial charge in [-0.3, -0.25) is 9.59 Å². The van der Waals surface area contributed by atoms with Crippen molar-refractivity contribution in [3.05, 3.63) is 102 Å². The van der Waals surface area contributed by atoms with Gasteiger partial charge in [0.2, 0.25) is 0 Å². The van der Waals surface area contributed by atoms with Gasteiger partial charge >= 0.3 is 0 Å². The molecule has 0 spiro atoms. The number of anilines is 3. The lowest BCUT2D eigenvalue weighted by molar-refractivity contribution is -0.118. The first-order valence-electron chi connectivity index (χ1n) is 14.8. The van der Waals surface area contributed by atoms with Crippen molar-refractivity contribution in [1.82, 2.24) is 9.97 Å². The molecule has 216 valence electrons. The minimum absolute atomic E-state index is 0.0300. The molecule has 0 saturated carbocycles. The van der Waals surface area contributed by atoms with Gasteiger partial charge in [0.05, 0.1) is 17.6 Å². The number of hydrogen-bond acceptors (Lipinski definition) is 5. The normalized spacial score (nSPS) is 14.7. The molecule has 0 radical (unpaired) electrons. The number of rotatable bonds is 7. The molecule has 0 atom stereocenters. The first-order valence-corrected chi connectivity index (χ1v) is 14.8. The molecular weight excluding hydrogens is 538 g/mol. The van der Waals surface area contributed by atoms with Crippen molar-refractivity contribution in [3.63, 3.8) is 0 Å². The van der Waals surface area contributed by atoms with E-state index in [4.69, 9.17) is 9.72 Å². The number of aromatic amines is 1. The lowest BCUT2D eigenvalue weighted by Crippen LogP contribution is -2.29. The molecule has 5 aromatic rings. The number of aromatic nitrogens is 2. The molecule has 2 N–H and O–H groups in total. The Morgan fingerprint density at radius 2 is 1.74 bits per heavy atom. The first kappa shape index (κ1) is 26.8. The Kier molecular flexibility index (Phi) is 7.02. The average molecular weight is 572 g/mol. The molecule has 0 unspecified atom stereocenters. The van der Waals surface area contributed by atoms with Gasteiger partial charge in [-0.1, -0.05) is 12.1 Å². The molecule has 0 aliphatic carbocycles. The van der Waals surface area contributed by atoms with E-state index in [2.05, 4.69) is 27.3 Å². The Morgan fingerprint density at radius 3 is 2.56 bits per heavy atom. The fraction of sp³-hybridized carbons (Fsp3) is 0.229. The number of hydrogen-bond donors (Lipinski definition) is 2. The number of ether oxygens (including phenoxy) is 1. The smallest absolute Gasteiger partial charge is 0.262 e. The molecule has 8 heteroatoms. The minimum atomic E-state index is -0.218. The zero-order chi connectivity index (χ0) is 29.3. The largest absolute Gasteiger partial charge is 0.484 e. The number of H-pyrrole nitrogens is 1. The molecule has 1 aromatic heterocycles. The molecule has 2 aliphatic heterocycles. The van der Waals surface area contributed by atoms with Crippen LogP contribution in [0, 0.1) is 6.92 Å². The van der Waals surface area contributed by atoms with Crippen molar-refractivity contribution in [2.24, 2.45) is 0 Å². The maximum atomic E-state index is 13.3. The summed E-state index contributed by atoms with van der Waals surface area (Å²) < 4.78 is 5.69. The minimum Gasteiger partial charge on any atom is -0.484 e. The summed E-state index contributed by atoms with van der Waals surface area (Å²) in [7, 11) is 0. The van der Waals surface area contributed by atoms with Gasteiger partial charge in [0.25, 0.3) is 11.8 Å². The maximum Gasteiger partial charge on any atom is 0.262 e. The third kappa shape index (κ3) is 5.56. The molecule has 2 aliphatic rings. The first-order chi connectivity index (χ1) is 21.0. The molecule has 3 heterocycles. The molecular formula is C35H33N5O3. The monoisotopic (exact) mass is 571 g/mol. The molecule has 8 nitrogen and oxygen atoms in total. The number of nitrogens with zero attached hydrogens (tertiary/aromatic N) is 3. The molecule has 1 saturated heterocycles. The Labute approximate surface area is 250 Å². The van der Waals surface area contributed by atoms with Crippen molar-refractivity contribution in [3.8, 4) is 17.1 Å². The van der Waals surface area contributed by atoms with Gasteiger partial charge in [-0.05, 0) is 110 Å². The van der Waals surface area contributed by atoms with Crippen LogP contribution in [0.1, 0.15) is 40.7 Å². The van der Waals surface area contributed by atoms with Gasteiger partial charge in [-0.2, -0.15) is 0 Å². The zero-order valence-corrected chi connectivity index (χ0v) is 24.1. The number of carbonyl (C=O) groups excluding carboxylic acids is 2. The predicted octanol–water partition coefficient (Wildman–Crippen LogP) is 6.71. The highest BCUT2D eigenvalue weighted by atomic mass is 16.5. The Hall–Kier alpha value is -5.11. The zero-order valence-electron chi connectivity index (χ0n) is 24.1. The van der Waals surface area contributed by atoms with Crippen molar-refractivity contribution in [1.29, 1.82) is 0 Å². The van der Waals surface area contributed by atoms with Crippen LogP contribution in [-0.4, -0.2) is 41.5 Å². The van der Waals surface area contributed by atoms with Crippen LogP contribution in [0.4, 0.5) is 17.1 Å². The molecule has 1 fully saturated rings. The van der Waals surface area contributed by atoms with E-state index in [9.17, 15) is 9.59 Å². The number of piperidine rings is 1. The fourth-order valence-corrected chi connectivity index (χ4v) is 5.94. The van der Waals surface area contributed by atoms with E-state index in [1.807, 2.05) is 84.6 Å². The van der Waals surface area contributed by atoms with Crippen molar-refractivity contribution in [2.45, 2.75) is 32.7 Å². The lowest BCUT2D eigenvalue weighted by atomic mass is 10.1. The van der Waals surface area contributed by atoms with E-state index in [0.29, 0.717) is 12.3 Å².